The Labute approximate surface area is 236 Å². The van der Waals surface area contributed by atoms with Crippen molar-refractivity contribution in [1.82, 2.24) is 10.2 Å². The van der Waals surface area contributed by atoms with Gasteiger partial charge in [-0.3, -0.25) is 13.9 Å². The number of amides is 2. The first-order valence-corrected chi connectivity index (χ1v) is 14.5. The summed E-state index contributed by atoms with van der Waals surface area (Å²) in [5.74, 6) is -0.870. The fourth-order valence-corrected chi connectivity index (χ4v) is 5.66. The Morgan fingerprint density at radius 3 is 2.15 bits per heavy atom. The van der Waals surface area contributed by atoms with Crippen LogP contribution in [0.1, 0.15) is 44.4 Å². The number of benzene rings is 3. The van der Waals surface area contributed by atoms with Crippen LogP contribution >= 0.6 is 11.6 Å². The molecule has 0 aliphatic carbocycles. The molecule has 0 saturated heterocycles. The maximum Gasteiger partial charge on any atom is 0.264 e. The fraction of sp³-hybridized carbons (Fsp3) is 0.333. The summed E-state index contributed by atoms with van der Waals surface area (Å²) in [5, 5.41) is 3.41. The van der Waals surface area contributed by atoms with Gasteiger partial charge in [-0.05, 0) is 89.1 Å². The summed E-state index contributed by atoms with van der Waals surface area (Å²) in [6.07, 6.45) is 0. The maximum atomic E-state index is 14.0. The Kier molecular flexibility index (Phi) is 9.46. The first kappa shape index (κ1) is 30.2. The molecule has 3 rings (SSSR count). The molecule has 1 N–H and O–H groups in total. The Hall–Kier alpha value is -3.36. The van der Waals surface area contributed by atoms with Gasteiger partial charge in [-0.1, -0.05) is 53.6 Å². The van der Waals surface area contributed by atoms with E-state index in [1.165, 1.54) is 17.0 Å². The first-order valence-electron chi connectivity index (χ1n) is 12.7. The molecule has 7 nitrogen and oxygen atoms in total. The molecule has 0 heterocycles. The van der Waals surface area contributed by atoms with Crippen molar-refractivity contribution in [2.24, 2.45) is 0 Å². The van der Waals surface area contributed by atoms with Crippen molar-refractivity contribution in [1.29, 1.82) is 0 Å². The Balaban J connectivity index is 2.04. The highest BCUT2D eigenvalue weighted by atomic mass is 35.5. The molecular formula is C30H36ClN3O4S. The van der Waals surface area contributed by atoms with Crippen LogP contribution < -0.4 is 9.62 Å². The summed E-state index contributed by atoms with van der Waals surface area (Å²) in [6.45, 7) is 10.5. The summed E-state index contributed by atoms with van der Waals surface area (Å²) in [5.41, 5.74) is 2.32. The van der Waals surface area contributed by atoms with Crippen LogP contribution in [0.3, 0.4) is 0 Å². The quantitative estimate of drug-likeness (QED) is 0.369. The molecule has 3 aromatic carbocycles. The van der Waals surface area contributed by atoms with E-state index in [1.54, 1.807) is 55.5 Å². The Morgan fingerprint density at radius 2 is 1.56 bits per heavy atom. The van der Waals surface area contributed by atoms with Crippen molar-refractivity contribution < 1.29 is 18.0 Å². The molecule has 0 spiro atoms. The second-order valence-electron chi connectivity index (χ2n) is 10.7. The van der Waals surface area contributed by atoms with Gasteiger partial charge in [0.25, 0.3) is 10.0 Å². The van der Waals surface area contributed by atoms with Gasteiger partial charge in [0.05, 0.1) is 10.6 Å². The molecule has 0 aliphatic heterocycles. The maximum absolute atomic E-state index is 14.0. The van der Waals surface area contributed by atoms with E-state index < -0.39 is 34.1 Å². The monoisotopic (exact) mass is 569 g/mol. The van der Waals surface area contributed by atoms with Crippen LogP contribution in [-0.4, -0.2) is 43.3 Å². The smallest absolute Gasteiger partial charge is 0.264 e. The zero-order valence-electron chi connectivity index (χ0n) is 23.2. The van der Waals surface area contributed by atoms with Gasteiger partial charge >= 0.3 is 0 Å². The molecule has 0 aromatic heterocycles. The van der Waals surface area contributed by atoms with Gasteiger partial charge in [-0.2, -0.15) is 0 Å². The van der Waals surface area contributed by atoms with E-state index in [0.29, 0.717) is 10.7 Å². The molecule has 39 heavy (non-hydrogen) atoms. The van der Waals surface area contributed by atoms with Crippen molar-refractivity contribution in [3.05, 3.63) is 94.5 Å². The minimum Gasteiger partial charge on any atom is -0.350 e. The summed E-state index contributed by atoms with van der Waals surface area (Å²) >= 11 is 6.18. The molecule has 1 unspecified atom stereocenters. The SMILES string of the molecule is Cc1ccc(S(=O)(=O)N(CC(=O)N(Cc2cccc(Cl)c2)C(C)C(=O)NC(C)(C)C)c2cccc(C)c2)cc1. The molecule has 0 radical (unpaired) electrons. The average molecular weight is 570 g/mol. The van der Waals surface area contributed by atoms with Gasteiger partial charge in [0.1, 0.15) is 12.6 Å². The van der Waals surface area contributed by atoms with Gasteiger partial charge in [-0.15, -0.1) is 0 Å². The third-order valence-corrected chi connectivity index (χ3v) is 8.11. The van der Waals surface area contributed by atoms with Gasteiger partial charge < -0.3 is 10.2 Å². The molecule has 1 atom stereocenters. The second-order valence-corrected chi connectivity index (χ2v) is 13.0. The number of halogens is 1. The zero-order valence-corrected chi connectivity index (χ0v) is 24.8. The minimum atomic E-state index is -4.11. The van der Waals surface area contributed by atoms with Gasteiger partial charge in [0, 0.05) is 17.1 Å². The highest BCUT2D eigenvalue weighted by Crippen LogP contribution is 2.26. The Morgan fingerprint density at radius 1 is 0.923 bits per heavy atom. The van der Waals surface area contributed by atoms with Gasteiger partial charge in [0.15, 0.2) is 0 Å². The number of sulfonamides is 1. The van der Waals surface area contributed by atoms with Crippen LogP contribution in [0.5, 0.6) is 0 Å². The number of anilines is 1. The van der Waals surface area contributed by atoms with Crippen LogP contribution in [0.2, 0.25) is 5.02 Å². The number of hydrogen-bond acceptors (Lipinski definition) is 4. The molecule has 3 aromatic rings. The standard InChI is InChI=1S/C30H36ClN3O4S/c1-21-13-15-27(16-14-21)39(37,38)34(26-12-7-9-22(2)17-26)20-28(35)33(19-24-10-8-11-25(31)18-24)23(3)29(36)32-30(4,5)6/h7-18,23H,19-20H2,1-6H3,(H,32,36). The molecule has 0 saturated carbocycles. The molecule has 2 amide bonds. The van der Waals surface area contributed by atoms with Crippen LogP contribution in [0.15, 0.2) is 77.7 Å². The number of carbonyl (C=O) groups excluding carboxylic acids is 2. The van der Waals surface area contributed by atoms with Crippen LogP contribution in [0.25, 0.3) is 0 Å². The van der Waals surface area contributed by atoms with Crippen molar-refractivity contribution >= 4 is 39.1 Å². The highest BCUT2D eigenvalue weighted by molar-refractivity contribution is 7.92. The molecule has 0 bridgehead atoms. The van der Waals surface area contributed by atoms with E-state index in [1.807, 2.05) is 46.8 Å². The summed E-state index contributed by atoms with van der Waals surface area (Å²) in [4.78, 5) is 28.6. The third-order valence-electron chi connectivity index (χ3n) is 6.08. The number of hydrogen-bond donors (Lipinski definition) is 1. The van der Waals surface area contributed by atoms with E-state index in [0.717, 1.165) is 21.0 Å². The molecule has 208 valence electrons. The summed E-state index contributed by atoms with van der Waals surface area (Å²) < 4.78 is 28.8. The largest absolute Gasteiger partial charge is 0.350 e. The molecule has 9 heteroatoms. The van der Waals surface area contributed by atoms with Crippen molar-refractivity contribution in [3.63, 3.8) is 0 Å². The topological polar surface area (TPSA) is 86.8 Å². The second kappa shape index (κ2) is 12.2. The van der Waals surface area contributed by atoms with E-state index in [4.69, 9.17) is 11.6 Å². The van der Waals surface area contributed by atoms with Gasteiger partial charge in [0.2, 0.25) is 11.8 Å². The lowest BCUT2D eigenvalue weighted by Gasteiger charge is -2.33. The summed E-state index contributed by atoms with van der Waals surface area (Å²) in [6, 6.07) is 19.6. The molecule has 0 aliphatic rings. The van der Waals surface area contributed by atoms with Crippen LogP contribution in [0, 0.1) is 13.8 Å². The predicted octanol–water partition coefficient (Wildman–Crippen LogP) is 5.48. The number of carbonyl (C=O) groups is 2. The van der Waals surface area contributed by atoms with E-state index >= 15 is 0 Å². The lowest BCUT2D eigenvalue weighted by molar-refractivity contribution is -0.140. The fourth-order valence-electron chi connectivity index (χ4n) is 4.04. The van der Waals surface area contributed by atoms with E-state index in [2.05, 4.69) is 5.32 Å². The number of nitrogens with zero attached hydrogens (tertiary/aromatic N) is 2. The van der Waals surface area contributed by atoms with Crippen molar-refractivity contribution in [2.75, 3.05) is 10.8 Å². The van der Waals surface area contributed by atoms with E-state index in [-0.39, 0.29) is 17.3 Å². The molecule has 0 fully saturated rings. The minimum absolute atomic E-state index is 0.0716. The summed E-state index contributed by atoms with van der Waals surface area (Å²) in [7, 11) is -4.11. The number of aryl methyl sites for hydroxylation is 2. The Bertz CT molecular complexity index is 1430. The van der Waals surface area contributed by atoms with Crippen molar-refractivity contribution in [3.8, 4) is 0 Å². The first-order chi connectivity index (χ1) is 18.2. The predicted molar refractivity (Wildman–Crippen MR) is 156 cm³/mol. The highest BCUT2D eigenvalue weighted by Gasteiger charge is 2.33. The normalized spacial score (nSPS) is 12.5. The van der Waals surface area contributed by atoms with Crippen LogP contribution in [-0.2, 0) is 26.2 Å². The lowest BCUT2D eigenvalue weighted by atomic mass is 10.1. The number of nitrogens with one attached hydrogen (secondary N) is 1. The van der Waals surface area contributed by atoms with Crippen LogP contribution in [0.4, 0.5) is 5.69 Å². The number of rotatable bonds is 9. The molecular weight excluding hydrogens is 534 g/mol. The zero-order chi connectivity index (χ0) is 29.0. The third kappa shape index (κ3) is 8.07. The van der Waals surface area contributed by atoms with Crippen molar-refractivity contribution in [2.45, 2.75) is 64.6 Å². The van der Waals surface area contributed by atoms with Gasteiger partial charge in [-0.25, -0.2) is 8.42 Å². The van der Waals surface area contributed by atoms with E-state index in [9.17, 15) is 18.0 Å². The average Bonchev–Trinajstić information content (AvgIpc) is 2.84. The lowest BCUT2D eigenvalue weighted by Crippen LogP contribution is -2.54.